The first-order valence-corrected chi connectivity index (χ1v) is 7.62. The maximum Gasteiger partial charge on any atom is 0.292 e. The van der Waals surface area contributed by atoms with Crippen LogP contribution in [0.2, 0.25) is 0 Å². The molecule has 24 heavy (non-hydrogen) atoms. The van der Waals surface area contributed by atoms with Gasteiger partial charge in [-0.25, -0.2) is 4.98 Å². The predicted molar refractivity (Wildman–Crippen MR) is 94.5 cm³/mol. The van der Waals surface area contributed by atoms with Crippen LogP contribution >= 0.6 is 0 Å². The average molecular weight is 331 g/mol. The molecule has 0 bridgehead atoms. The minimum atomic E-state index is -0.436. The monoisotopic (exact) mass is 331 g/mol. The van der Waals surface area contributed by atoms with E-state index in [0.29, 0.717) is 42.0 Å². The van der Waals surface area contributed by atoms with Crippen LogP contribution in [0.4, 0.5) is 23.1 Å². The molecular formula is C15H21N7O2. The number of hydrogen-bond donors (Lipinski definition) is 4. The summed E-state index contributed by atoms with van der Waals surface area (Å²) >= 11 is 0. The van der Waals surface area contributed by atoms with Crippen LogP contribution in [-0.2, 0) is 6.42 Å². The molecule has 0 amide bonds. The van der Waals surface area contributed by atoms with Crippen molar-refractivity contribution < 1.29 is 4.92 Å². The molecule has 1 aromatic heterocycles. The van der Waals surface area contributed by atoms with Gasteiger partial charge in [-0.2, -0.15) is 4.98 Å². The highest BCUT2D eigenvalue weighted by molar-refractivity contribution is 5.81. The summed E-state index contributed by atoms with van der Waals surface area (Å²) in [5, 5.41) is 14.4. The number of benzene rings is 1. The van der Waals surface area contributed by atoms with E-state index in [2.05, 4.69) is 15.3 Å². The van der Waals surface area contributed by atoms with Crippen LogP contribution in [0.3, 0.4) is 0 Å². The van der Waals surface area contributed by atoms with Gasteiger partial charge in [0, 0.05) is 18.2 Å². The fourth-order valence-corrected chi connectivity index (χ4v) is 2.43. The van der Waals surface area contributed by atoms with Crippen molar-refractivity contribution in [3.05, 3.63) is 34.0 Å². The third-order valence-corrected chi connectivity index (χ3v) is 3.54. The second-order valence-corrected chi connectivity index (χ2v) is 5.20. The van der Waals surface area contributed by atoms with Crippen molar-refractivity contribution in [2.75, 3.05) is 29.9 Å². The van der Waals surface area contributed by atoms with E-state index in [-0.39, 0.29) is 17.5 Å². The molecule has 0 saturated carbocycles. The maximum absolute atomic E-state index is 11.4. The molecule has 0 radical (unpaired) electrons. The number of nitro groups is 1. The van der Waals surface area contributed by atoms with Gasteiger partial charge in [0.05, 0.1) is 10.6 Å². The minimum absolute atomic E-state index is 0.0391. The fraction of sp³-hybridized carbons (Fsp3) is 0.333. The van der Waals surface area contributed by atoms with Gasteiger partial charge in [-0.3, -0.25) is 10.1 Å². The number of nitrogens with two attached hydrogens (primary N) is 3. The summed E-state index contributed by atoms with van der Waals surface area (Å²) in [7, 11) is 0. The highest BCUT2D eigenvalue weighted by atomic mass is 16.6. The van der Waals surface area contributed by atoms with E-state index in [9.17, 15) is 10.1 Å². The summed E-state index contributed by atoms with van der Waals surface area (Å²) in [5.41, 5.74) is 19.2. The molecule has 0 aliphatic rings. The molecule has 9 nitrogen and oxygen atoms in total. The van der Waals surface area contributed by atoms with Gasteiger partial charge in [0.25, 0.3) is 5.69 Å². The summed E-state index contributed by atoms with van der Waals surface area (Å²) < 4.78 is 0. The molecule has 9 heteroatoms. The number of hydrogen-bond acceptors (Lipinski definition) is 8. The molecule has 2 rings (SSSR count). The van der Waals surface area contributed by atoms with Crippen LogP contribution in [0.1, 0.15) is 19.0 Å². The summed E-state index contributed by atoms with van der Waals surface area (Å²) in [6.45, 7) is 2.98. The second-order valence-electron chi connectivity index (χ2n) is 5.20. The lowest BCUT2D eigenvalue weighted by Crippen LogP contribution is -2.10. The number of nitrogens with one attached hydrogen (secondary N) is 1. The number of aryl methyl sites for hydroxylation is 1. The molecule has 1 heterocycles. The lowest BCUT2D eigenvalue weighted by atomic mass is 10.0. The fourth-order valence-electron chi connectivity index (χ4n) is 2.43. The molecule has 0 unspecified atom stereocenters. The third kappa shape index (κ3) is 3.69. The molecule has 0 atom stereocenters. The Hall–Kier alpha value is -2.94. The first-order valence-electron chi connectivity index (χ1n) is 7.62. The van der Waals surface area contributed by atoms with Crippen LogP contribution in [0.5, 0.6) is 0 Å². The van der Waals surface area contributed by atoms with Gasteiger partial charge in [-0.1, -0.05) is 13.0 Å². The van der Waals surface area contributed by atoms with Crippen LogP contribution in [0.25, 0.3) is 11.1 Å². The van der Waals surface area contributed by atoms with Gasteiger partial charge in [-0.15, -0.1) is 0 Å². The van der Waals surface area contributed by atoms with Gasteiger partial charge in [0.15, 0.2) is 0 Å². The number of aromatic nitrogens is 2. The molecular weight excluding hydrogens is 310 g/mol. The molecule has 128 valence electrons. The highest BCUT2D eigenvalue weighted by Crippen LogP contribution is 2.34. The SMILES string of the molecule is CCc1nc(N)nc(N)c1-c1ccc(NCCCN)c([N+](=O)[O-])c1. The van der Waals surface area contributed by atoms with Gasteiger partial charge >= 0.3 is 0 Å². The Bertz CT molecular complexity index is 749. The molecule has 0 fully saturated rings. The van der Waals surface area contributed by atoms with E-state index < -0.39 is 4.92 Å². The van der Waals surface area contributed by atoms with Crippen LogP contribution in [0, 0.1) is 10.1 Å². The quantitative estimate of drug-likeness (QED) is 0.337. The van der Waals surface area contributed by atoms with E-state index in [0.717, 1.165) is 6.42 Å². The topological polar surface area (TPSA) is 159 Å². The number of rotatable bonds is 7. The zero-order valence-corrected chi connectivity index (χ0v) is 13.5. The van der Waals surface area contributed by atoms with Crippen molar-refractivity contribution in [1.82, 2.24) is 9.97 Å². The number of anilines is 3. The van der Waals surface area contributed by atoms with Crippen molar-refractivity contribution >= 4 is 23.1 Å². The van der Waals surface area contributed by atoms with Gasteiger partial charge in [0.1, 0.15) is 11.5 Å². The van der Waals surface area contributed by atoms with E-state index in [1.807, 2.05) is 6.92 Å². The highest BCUT2D eigenvalue weighted by Gasteiger charge is 2.19. The normalized spacial score (nSPS) is 10.6. The molecule has 0 aliphatic heterocycles. The lowest BCUT2D eigenvalue weighted by Gasteiger charge is -2.12. The van der Waals surface area contributed by atoms with E-state index in [1.165, 1.54) is 6.07 Å². The zero-order chi connectivity index (χ0) is 17.7. The summed E-state index contributed by atoms with van der Waals surface area (Å²) in [6, 6.07) is 4.87. The molecule has 0 spiro atoms. The maximum atomic E-state index is 11.4. The first-order chi connectivity index (χ1) is 11.5. The van der Waals surface area contributed by atoms with Gasteiger partial charge < -0.3 is 22.5 Å². The lowest BCUT2D eigenvalue weighted by molar-refractivity contribution is -0.383. The van der Waals surface area contributed by atoms with Crippen molar-refractivity contribution in [3.63, 3.8) is 0 Å². The zero-order valence-electron chi connectivity index (χ0n) is 13.5. The standard InChI is InChI=1S/C15H21N7O2/c1-2-10-13(14(17)21-15(18)20-10)9-4-5-11(19-7-3-6-16)12(8-9)22(23)24/h4-5,8,19H,2-3,6-7,16H2,1H3,(H4,17,18,20,21). The van der Waals surface area contributed by atoms with Crippen LogP contribution in [-0.4, -0.2) is 28.0 Å². The molecule has 7 N–H and O–H groups in total. The second kappa shape index (κ2) is 7.55. The predicted octanol–water partition coefficient (Wildman–Crippen LogP) is 1.54. The minimum Gasteiger partial charge on any atom is -0.383 e. The Morgan fingerprint density at radius 1 is 1.29 bits per heavy atom. The van der Waals surface area contributed by atoms with Gasteiger partial charge in [-0.05, 0) is 31.0 Å². The molecule has 2 aromatic rings. The summed E-state index contributed by atoms with van der Waals surface area (Å²) in [5.74, 6) is 0.292. The van der Waals surface area contributed by atoms with E-state index >= 15 is 0 Å². The largest absolute Gasteiger partial charge is 0.383 e. The Kier molecular flexibility index (Phi) is 5.48. The van der Waals surface area contributed by atoms with E-state index in [4.69, 9.17) is 17.2 Å². The number of nitrogen functional groups attached to an aromatic ring is 2. The van der Waals surface area contributed by atoms with Crippen molar-refractivity contribution in [2.24, 2.45) is 5.73 Å². The van der Waals surface area contributed by atoms with Crippen molar-refractivity contribution in [1.29, 1.82) is 0 Å². The van der Waals surface area contributed by atoms with Crippen molar-refractivity contribution in [2.45, 2.75) is 19.8 Å². The summed E-state index contributed by atoms with van der Waals surface area (Å²) in [4.78, 5) is 19.1. The number of nitro benzene ring substituents is 1. The number of nitrogens with zero attached hydrogens (tertiary/aromatic N) is 3. The third-order valence-electron chi connectivity index (χ3n) is 3.54. The van der Waals surface area contributed by atoms with Gasteiger partial charge in [0.2, 0.25) is 5.95 Å². The average Bonchev–Trinajstić information content (AvgIpc) is 2.54. The first kappa shape index (κ1) is 17.4. The Morgan fingerprint density at radius 3 is 2.67 bits per heavy atom. The van der Waals surface area contributed by atoms with E-state index in [1.54, 1.807) is 12.1 Å². The molecule has 1 aromatic carbocycles. The Labute approximate surface area is 139 Å². The summed E-state index contributed by atoms with van der Waals surface area (Å²) in [6.07, 6.45) is 1.30. The smallest absolute Gasteiger partial charge is 0.292 e. The molecule has 0 aliphatic carbocycles. The Morgan fingerprint density at radius 2 is 2.04 bits per heavy atom. The van der Waals surface area contributed by atoms with Crippen LogP contribution in [0.15, 0.2) is 18.2 Å². The Balaban J connectivity index is 2.49. The van der Waals surface area contributed by atoms with Crippen molar-refractivity contribution in [3.8, 4) is 11.1 Å². The van der Waals surface area contributed by atoms with Crippen LogP contribution < -0.4 is 22.5 Å². The molecule has 0 saturated heterocycles.